The molecule has 0 unspecified atom stereocenters. The number of amides is 1. The van der Waals surface area contributed by atoms with Crippen LogP contribution in [0.15, 0.2) is 41.3 Å². The summed E-state index contributed by atoms with van der Waals surface area (Å²) >= 11 is 0. The van der Waals surface area contributed by atoms with Crippen LogP contribution >= 0.6 is 0 Å². The van der Waals surface area contributed by atoms with E-state index in [1.807, 2.05) is 13.0 Å². The molecule has 4 rings (SSSR count). The summed E-state index contributed by atoms with van der Waals surface area (Å²) in [5.41, 5.74) is 2.31. The minimum Gasteiger partial charge on any atom is -0.486 e. The summed E-state index contributed by atoms with van der Waals surface area (Å²) in [6, 6.07) is 10.2. The molecule has 0 atom stereocenters. The lowest BCUT2D eigenvalue weighted by Crippen LogP contribution is -2.26. The van der Waals surface area contributed by atoms with Crippen molar-refractivity contribution in [2.24, 2.45) is 0 Å². The molecule has 0 bridgehead atoms. The van der Waals surface area contributed by atoms with Crippen molar-refractivity contribution in [3.63, 3.8) is 0 Å². The number of hydrogen-bond donors (Lipinski definition) is 1. The lowest BCUT2D eigenvalue weighted by Gasteiger charge is -2.19. The van der Waals surface area contributed by atoms with Gasteiger partial charge in [0.1, 0.15) is 13.2 Å². The first-order valence-electron chi connectivity index (χ1n) is 9.23. The third kappa shape index (κ3) is 3.70. The number of sulfonamides is 1. The van der Waals surface area contributed by atoms with Crippen molar-refractivity contribution in [1.82, 2.24) is 4.72 Å². The SMILES string of the molecule is Cc1cc(S(=O)(=O)NCc2ccc3c(c2)OCCO3)ccc1N1CCCC1=O. The molecule has 8 heteroatoms. The molecule has 7 nitrogen and oxygen atoms in total. The summed E-state index contributed by atoms with van der Waals surface area (Å²) in [7, 11) is -3.68. The van der Waals surface area contributed by atoms with Gasteiger partial charge in [-0.25, -0.2) is 13.1 Å². The number of ether oxygens (including phenoxy) is 2. The van der Waals surface area contributed by atoms with Crippen molar-refractivity contribution in [3.8, 4) is 11.5 Å². The maximum absolute atomic E-state index is 12.7. The van der Waals surface area contributed by atoms with Gasteiger partial charge in [0.15, 0.2) is 11.5 Å². The fourth-order valence-corrected chi connectivity index (χ4v) is 4.56. The first-order chi connectivity index (χ1) is 13.4. The molecule has 28 heavy (non-hydrogen) atoms. The lowest BCUT2D eigenvalue weighted by atomic mass is 10.2. The highest BCUT2D eigenvalue weighted by atomic mass is 32.2. The van der Waals surface area contributed by atoms with Crippen LogP contribution in [0.1, 0.15) is 24.0 Å². The first-order valence-corrected chi connectivity index (χ1v) is 10.7. The van der Waals surface area contributed by atoms with Crippen molar-refractivity contribution >= 4 is 21.6 Å². The van der Waals surface area contributed by atoms with Crippen LogP contribution in [0.3, 0.4) is 0 Å². The molecule has 0 aromatic heterocycles. The standard InChI is InChI=1S/C20H22N2O5S/c1-14-11-16(5-6-17(14)22-8-2-3-20(22)23)28(24,25)21-13-15-4-7-18-19(12-15)27-10-9-26-18/h4-7,11-12,21H,2-3,8-10,13H2,1H3. The highest BCUT2D eigenvalue weighted by Crippen LogP contribution is 2.31. The Morgan fingerprint density at radius 1 is 1.07 bits per heavy atom. The van der Waals surface area contributed by atoms with Crippen molar-refractivity contribution < 1.29 is 22.7 Å². The molecular weight excluding hydrogens is 380 g/mol. The van der Waals surface area contributed by atoms with Crippen LogP contribution in [-0.4, -0.2) is 34.1 Å². The largest absolute Gasteiger partial charge is 0.486 e. The second-order valence-electron chi connectivity index (χ2n) is 6.90. The summed E-state index contributed by atoms with van der Waals surface area (Å²) < 4.78 is 39.0. The average molecular weight is 402 g/mol. The number of anilines is 1. The summed E-state index contributed by atoms with van der Waals surface area (Å²) in [5.74, 6) is 1.37. The Labute approximate surface area is 164 Å². The van der Waals surface area contributed by atoms with Gasteiger partial charge in [-0.15, -0.1) is 0 Å². The van der Waals surface area contributed by atoms with Crippen molar-refractivity contribution in [2.45, 2.75) is 31.2 Å². The number of benzene rings is 2. The second-order valence-corrected chi connectivity index (χ2v) is 8.67. The third-order valence-electron chi connectivity index (χ3n) is 4.92. The molecule has 2 aromatic rings. The van der Waals surface area contributed by atoms with E-state index in [2.05, 4.69) is 4.72 Å². The maximum Gasteiger partial charge on any atom is 0.240 e. The van der Waals surface area contributed by atoms with Crippen LogP contribution in [0.25, 0.3) is 0 Å². The monoisotopic (exact) mass is 402 g/mol. The summed E-state index contributed by atoms with van der Waals surface area (Å²) in [5, 5.41) is 0. The molecule has 1 amide bonds. The van der Waals surface area contributed by atoms with E-state index in [4.69, 9.17) is 9.47 Å². The van der Waals surface area contributed by atoms with Gasteiger partial charge in [-0.1, -0.05) is 6.07 Å². The maximum atomic E-state index is 12.7. The highest BCUT2D eigenvalue weighted by molar-refractivity contribution is 7.89. The van der Waals surface area contributed by atoms with E-state index in [1.54, 1.807) is 35.2 Å². The van der Waals surface area contributed by atoms with Crippen LogP contribution in [0.4, 0.5) is 5.69 Å². The topological polar surface area (TPSA) is 84.9 Å². The third-order valence-corrected chi connectivity index (χ3v) is 6.31. The number of nitrogens with zero attached hydrogens (tertiary/aromatic N) is 1. The van der Waals surface area contributed by atoms with Crippen LogP contribution in [0, 0.1) is 6.92 Å². The van der Waals surface area contributed by atoms with Crippen LogP contribution in [0.5, 0.6) is 11.5 Å². The van der Waals surface area contributed by atoms with Gasteiger partial charge < -0.3 is 14.4 Å². The molecule has 0 aliphatic carbocycles. The second kappa shape index (κ2) is 7.44. The van der Waals surface area contributed by atoms with E-state index in [0.29, 0.717) is 37.7 Å². The van der Waals surface area contributed by atoms with E-state index in [1.165, 1.54) is 0 Å². The Kier molecular flexibility index (Phi) is 4.99. The minimum atomic E-state index is -3.68. The molecule has 1 saturated heterocycles. The van der Waals surface area contributed by atoms with E-state index in [-0.39, 0.29) is 17.3 Å². The van der Waals surface area contributed by atoms with Crippen LogP contribution < -0.4 is 19.1 Å². The van der Waals surface area contributed by atoms with E-state index < -0.39 is 10.0 Å². The van der Waals surface area contributed by atoms with Crippen LogP contribution in [-0.2, 0) is 21.4 Å². The fraction of sp³-hybridized carbons (Fsp3) is 0.350. The predicted molar refractivity (Wildman–Crippen MR) is 104 cm³/mol. The first kappa shape index (κ1) is 18.8. The van der Waals surface area contributed by atoms with Gasteiger partial charge in [0.25, 0.3) is 0 Å². The highest BCUT2D eigenvalue weighted by Gasteiger charge is 2.24. The number of fused-ring (bicyclic) bond motifs is 1. The molecule has 2 aromatic carbocycles. The zero-order valence-corrected chi connectivity index (χ0v) is 16.4. The summed E-state index contributed by atoms with van der Waals surface area (Å²) in [6.07, 6.45) is 1.37. The molecule has 2 aliphatic rings. The van der Waals surface area contributed by atoms with Crippen LogP contribution in [0.2, 0.25) is 0 Å². The fourth-order valence-electron chi connectivity index (χ4n) is 3.46. The minimum absolute atomic E-state index is 0.0791. The lowest BCUT2D eigenvalue weighted by molar-refractivity contribution is -0.117. The van der Waals surface area contributed by atoms with Gasteiger partial charge in [-0.05, 0) is 54.8 Å². The number of aryl methyl sites for hydroxylation is 1. The Bertz CT molecular complexity index is 1020. The van der Waals surface area contributed by atoms with Crippen molar-refractivity contribution in [2.75, 3.05) is 24.7 Å². The molecule has 148 valence electrons. The van der Waals surface area contributed by atoms with E-state index in [9.17, 15) is 13.2 Å². The molecule has 0 radical (unpaired) electrons. The molecule has 0 spiro atoms. The number of rotatable bonds is 5. The average Bonchev–Trinajstić information content (AvgIpc) is 3.12. The summed E-state index contributed by atoms with van der Waals surface area (Å²) in [6.45, 7) is 3.63. The smallest absolute Gasteiger partial charge is 0.240 e. The zero-order valence-electron chi connectivity index (χ0n) is 15.6. The van der Waals surface area contributed by atoms with Gasteiger partial charge >= 0.3 is 0 Å². The van der Waals surface area contributed by atoms with Crippen molar-refractivity contribution in [1.29, 1.82) is 0 Å². The normalized spacial score (nSPS) is 16.5. The molecule has 1 fully saturated rings. The Hall–Kier alpha value is -2.58. The predicted octanol–water partition coefficient (Wildman–Crippen LogP) is 2.37. The number of carbonyl (C=O) groups excluding carboxylic acids is 1. The summed E-state index contributed by atoms with van der Waals surface area (Å²) in [4.78, 5) is 13.8. The Morgan fingerprint density at radius 2 is 1.86 bits per heavy atom. The molecular formula is C20H22N2O5S. The quantitative estimate of drug-likeness (QED) is 0.830. The van der Waals surface area contributed by atoms with Crippen molar-refractivity contribution in [3.05, 3.63) is 47.5 Å². The molecule has 1 N–H and O–H groups in total. The number of hydrogen-bond acceptors (Lipinski definition) is 5. The molecule has 0 saturated carbocycles. The van der Waals surface area contributed by atoms with Gasteiger partial charge in [-0.3, -0.25) is 4.79 Å². The van der Waals surface area contributed by atoms with E-state index >= 15 is 0 Å². The van der Waals surface area contributed by atoms with Gasteiger partial charge in [-0.2, -0.15) is 0 Å². The van der Waals surface area contributed by atoms with E-state index in [0.717, 1.165) is 23.2 Å². The Balaban J connectivity index is 1.49. The number of nitrogens with one attached hydrogen (secondary N) is 1. The molecule has 2 heterocycles. The van der Waals surface area contributed by atoms with Gasteiger partial charge in [0.2, 0.25) is 15.9 Å². The number of carbonyl (C=O) groups is 1. The molecule has 2 aliphatic heterocycles. The van der Waals surface area contributed by atoms with Gasteiger partial charge in [0, 0.05) is 25.2 Å². The van der Waals surface area contributed by atoms with Gasteiger partial charge in [0.05, 0.1) is 4.90 Å². The Morgan fingerprint density at radius 3 is 2.57 bits per heavy atom. The zero-order chi connectivity index (χ0) is 19.7.